The molecular weight excluding hydrogens is 354 g/mol. The number of ether oxygens (including phenoxy) is 2. The molecule has 0 spiro atoms. The van der Waals surface area contributed by atoms with Gasteiger partial charge in [-0.15, -0.1) is 0 Å². The average molecular weight is 381 g/mol. The molecule has 2 aliphatic heterocycles. The van der Waals surface area contributed by atoms with Crippen LogP contribution in [-0.4, -0.2) is 36.8 Å². The van der Waals surface area contributed by atoms with Gasteiger partial charge in [-0.3, -0.25) is 9.79 Å². The molecular formula is C23H27NO4. The number of ketones is 1. The van der Waals surface area contributed by atoms with E-state index in [1.165, 1.54) is 0 Å². The molecule has 0 N–H and O–H groups in total. The Morgan fingerprint density at radius 1 is 1.21 bits per heavy atom. The Kier molecular flexibility index (Phi) is 5.44. The van der Waals surface area contributed by atoms with Gasteiger partial charge in [-0.2, -0.15) is 0 Å². The van der Waals surface area contributed by atoms with Crippen LogP contribution < -0.4 is 0 Å². The SMILES string of the molecule is CC1=C(C(=O)OC[C@H]2CCCO2)[C@@H](c2cccc(C)c2)C2C(=O)CCCC2=N1. The van der Waals surface area contributed by atoms with Gasteiger partial charge in [0.15, 0.2) is 0 Å². The number of benzene rings is 1. The van der Waals surface area contributed by atoms with E-state index in [4.69, 9.17) is 9.47 Å². The van der Waals surface area contributed by atoms with Crippen molar-refractivity contribution in [3.63, 3.8) is 0 Å². The third-order valence-corrected chi connectivity index (χ3v) is 5.95. The number of fused-ring (bicyclic) bond motifs is 1. The number of hydrogen-bond donors (Lipinski definition) is 0. The Labute approximate surface area is 165 Å². The van der Waals surface area contributed by atoms with Gasteiger partial charge >= 0.3 is 5.97 Å². The molecule has 0 amide bonds. The van der Waals surface area contributed by atoms with E-state index in [-0.39, 0.29) is 36.3 Å². The first-order chi connectivity index (χ1) is 13.5. The highest BCUT2D eigenvalue weighted by molar-refractivity contribution is 6.11. The number of rotatable bonds is 4. The Bertz CT molecular complexity index is 848. The summed E-state index contributed by atoms with van der Waals surface area (Å²) in [7, 11) is 0. The van der Waals surface area contributed by atoms with Gasteiger partial charge < -0.3 is 9.47 Å². The van der Waals surface area contributed by atoms with Crippen LogP contribution in [0.2, 0.25) is 0 Å². The van der Waals surface area contributed by atoms with Gasteiger partial charge in [0.05, 0.1) is 17.6 Å². The van der Waals surface area contributed by atoms with E-state index in [0.717, 1.165) is 49.1 Å². The number of Topliss-reactive ketones (excluding diaryl/α,β-unsaturated/α-hetero) is 1. The minimum absolute atomic E-state index is 0.0266. The van der Waals surface area contributed by atoms with E-state index in [1.807, 2.05) is 32.0 Å². The predicted molar refractivity (Wildman–Crippen MR) is 106 cm³/mol. The molecule has 4 rings (SSSR count). The fourth-order valence-corrected chi connectivity index (χ4v) is 4.63. The number of nitrogens with zero attached hydrogens (tertiary/aromatic N) is 1. The lowest BCUT2D eigenvalue weighted by molar-refractivity contribution is -0.142. The van der Waals surface area contributed by atoms with Crippen LogP contribution in [0.25, 0.3) is 0 Å². The first kappa shape index (κ1) is 19.1. The summed E-state index contributed by atoms with van der Waals surface area (Å²) >= 11 is 0. The molecule has 1 aliphatic carbocycles. The quantitative estimate of drug-likeness (QED) is 0.742. The molecule has 1 aromatic carbocycles. The van der Waals surface area contributed by atoms with Gasteiger partial charge in [-0.25, -0.2) is 4.79 Å². The fourth-order valence-electron chi connectivity index (χ4n) is 4.63. The van der Waals surface area contributed by atoms with Crippen molar-refractivity contribution in [1.29, 1.82) is 0 Å². The monoisotopic (exact) mass is 381 g/mol. The molecule has 0 radical (unpaired) electrons. The number of allylic oxidation sites excluding steroid dienone is 1. The Hall–Kier alpha value is -2.27. The highest BCUT2D eigenvalue weighted by Gasteiger charge is 2.43. The number of hydrogen-bond acceptors (Lipinski definition) is 5. The summed E-state index contributed by atoms with van der Waals surface area (Å²) in [4.78, 5) is 30.6. The number of esters is 1. The van der Waals surface area contributed by atoms with Crippen molar-refractivity contribution < 1.29 is 19.1 Å². The minimum atomic E-state index is -0.374. The molecule has 2 heterocycles. The topological polar surface area (TPSA) is 65.0 Å². The van der Waals surface area contributed by atoms with Crippen LogP contribution >= 0.6 is 0 Å². The van der Waals surface area contributed by atoms with Crippen LogP contribution in [0.3, 0.4) is 0 Å². The smallest absolute Gasteiger partial charge is 0.336 e. The second-order valence-electron chi connectivity index (χ2n) is 8.03. The zero-order chi connectivity index (χ0) is 19.7. The first-order valence-corrected chi connectivity index (χ1v) is 10.2. The molecule has 1 aromatic rings. The van der Waals surface area contributed by atoms with Gasteiger partial charge in [0, 0.05) is 30.4 Å². The van der Waals surface area contributed by atoms with Gasteiger partial charge in [-0.1, -0.05) is 29.8 Å². The molecule has 0 aromatic heterocycles. The summed E-state index contributed by atoms with van der Waals surface area (Å²) in [5, 5.41) is 0. The second-order valence-corrected chi connectivity index (χ2v) is 8.03. The van der Waals surface area contributed by atoms with Gasteiger partial charge in [0.1, 0.15) is 12.4 Å². The number of aryl methyl sites for hydroxylation is 1. The van der Waals surface area contributed by atoms with Crippen molar-refractivity contribution in [3.05, 3.63) is 46.7 Å². The van der Waals surface area contributed by atoms with E-state index in [0.29, 0.717) is 17.7 Å². The summed E-state index contributed by atoms with van der Waals surface area (Å²) in [6.45, 7) is 4.86. The van der Waals surface area contributed by atoms with Crippen LogP contribution in [0, 0.1) is 12.8 Å². The molecule has 5 nitrogen and oxygen atoms in total. The fraction of sp³-hybridized carbons (Fsp3) is 0.522. The molecule has 148 valence electrons. The molecule has 0 bridgehead atoms. The van der Waals surface area contributed by atoms with E-state index in [1.54, 1.807) is 0 Å². The lowest BCUT2D eigenvalue weighted by atomic mass is 9.69. The molecule has 5 heteroatoms. The maximum atomic E-state index is 13.1. The van der Waals surface area contributed by atoms with Crippen molar-refractivity contribution in [2.45, 2.75) is 58.0 Å². The molecule has 2 fully saturated rings. The van der Waals surface area contributed by atoms with Gasteiger partial charge in [0.2, 0.25) is 0 Å². The maximum Gasteiger partial charge on any atom is 0.336 e. The van der Waals surface area contributed by atoms with Gasteiger partial charge in [-0.05, 0) is 45.1 Å². The Balaban J connectivity index is 1.70. The third-order valence-electron chi connectivity index (χ3n) is 5.95. The van der Waals surface area contributed by atoms with E-state index < -0.39 is 0 Å². The van der Waals surface area contributed by atoms with Crippen LogP contribution in [0.1, 0.15) is 56.1 Å². The summed E-state index contributed by atoms with van der Waals surface area (Å²) in [5.74, 6) is -0.879. The van der Waals surface area contributed by atoms with Crippen LogP contribution in [0.15, 0.2) is 40.5 Å². The van der Waals surface area contributed by atoms with Crippen molar-refractivity contribution >= 4 is 17.5 Å². The van der Waals surface area contributed by atoms with E-state index >= 15 is 0 Å². The summed E-state index contributed by atoms with van der Waals surface area (Å²) in [5.41, 5.74) is 4.19. The number of carbonyl (C=O) groups excluding carboxylic acids is 2. The van der Waals surface area contributed by atoms with E-state index in [2.05, 4.69) is 11.1 Å². The highest BCUT2D eigenvalue weighted by Crippen LogP contribution is 2.43. The number of carbonyl (C=O) groups is 2. The van der Waals surface area contributed by atoms with E-state index in [9.17, 15) is 9.59 Å². The van der Waals surface area contributed by atoms with Crippen molar-refractivity contribution in [2.24, 2.45) is 10.9 Å². The van der Waals surface area contributed by atoms with Crippen molar-refractivity contribution in [3.8, 4) is 0 Å². The largest absolute Gasteiger partial charge is 0.460 e. The average Bonchev–Trinajstić information content (AvgIpc) is 3.19. The van der Waals surface area contributed by atoms with Crippen LogP contribution in [0.5, 0.6) is 0 Å². The van der Waals surface area contributed by atoms with Crippen molar-refractivity contribution in [2.75, 3.05) is 13.2 Å². The molecule has 28 heavy (non-hydrogen) atoms. The Morgan fingerprint density at radius 3 is 2.82 bits per heavy atom. The highest BCUT2D eigenvalue weighted by atomic mass is 16.6. The summed E-state index contributed by atoms with van der Waals surface area (Å²) in [6.07, 6.45) is 4.08. The lowest BCUT2D eigenvalue weighted by Gasteiger charge is -2.35. The summed E-state index contributed by atoms with van der Waals surface area (Å²) in [6, 6.07) is 8.07. The lowest BCUT2D eigenvalue weighted by Crippen LogP contribution is -2.39. The molecule has 1 saturated heterocycles. The van der Waals surface area contributed by atoms with Crippen LogP contribution in [-0.2, 0) is 19.1 Å². The van der Waals surface area contributed by atoms with Crippen LogP contribution in [0.4, 0.5) is 0 Å². The van der Waals surface area contributed by atoms with Gasteiger partial charge in [0.25, 0.3) is 0 Å². The third kappa shape index (κ3) is 3.68. The standard InChI is InChI=1S/C23H27NO4/c1-14-6-3-7-16(12-14)21-20(23(26)28-13-17-8-5-11-27-17)15(2)24-18-9-4-10-19(25)22(18)21/h3,6-7,12,17,21-22H,4-5,8-11,13H2,1-2H3/t17-,21-,22?/m1/s1. The second kappa shape index (κ2) is 8.00. The summed E-state index contributed by atoms with van der Waals surface area (Å²) < 4.78 is 11.2. The minimum Gasteiger partial charge on any atom is -0.460 e. The first-order valence-electron chi connectivity index (χ1n) is 10.2. The molecule has 3 aliphatic rings. The molecule has 1 unspecified atom stereocenters. The zero-order valence-electron chi connectivity index (χ0n) is 16.6. The Morgan fingerprint density at radius 2 is 2.07 bits per heavy atom. The normalized spacial score (nSPS) is 27.4. The number of aliphatic imine (C=N–C) groups is 1. The maximum absolute atomic E-state index is 13.1. The zero-order valence-corrected chi connectivity index (χ0v) is 16.6. The van der Waals surface area contributed by atoms with Crippen molar-refractivity contribution in [1.82, 2.24) is 0 Å². The molecule has 3 atom stereocenters. The predicted octanol–water partition coefficient (Wildman–Crippen LogP) is 3.90. The molecule has 1 saturated carbocycles.